The summed E-state index contributed by atoms with van der Waals surface area (Å²) in [6, 6.07) is 21.8. The van der Waals surface area contributed by atoms with Crippen LogP contribution in [-0.2, 0) is 4.74 Å². The molecule has 3 saturated heterocycles. The smallest absolute Gasteiger partial charge is 0.412 e. The largest absolute Gasteiger partial charge is 0.497 e. The van der Waals surface area contributed by atoms with Gasteiger partial charge in [-0.3, -0.25) is 15.2 Å². The molecule has 3 fully saturated rings. The second-order valence-corrected chi connectivity index (χ2v) is 10.0. The number of benzene rings is 3. The van der Waals surface area contributed by atoms with Crippen LogP contribution in [0.3, 0.4) is 0 Å². The fourth-order valence-electron chi connectivity index (χ4n) is 6.15. The molecular weight excluding hydrogens is 462 g/mol. The van der Waals surface area contributed by atoms with Crippen molar-refractivity contribution in [2.45, 2.75) is 25.0 Å². The Morgan fingerprint density at radius 3 is 2.81 bits per heavy atom. The summed E-state index contributed by atoms with van der Waals surface area (Å²) < 4.78 is 11.9. The van der Waals surface area contributed by atoms with Crippen molar-refractivity contribution in [3.05, 3.63) is 91.1 Å². The number of ether oxygens (including phenoxy) is 2. The molecule has 1 aromatic heterocycles. The number of carbonyl (C=O) groups excluding carboxylic acids is 1. The third-order valence-corrected chi connectivity index (χ3v) is 8.05. The van der Waals surface area contributed by atoms with Crippen molar-refractivity contribution in [3.63, 3.8) is 0 Å². The summed E-state index contributed by atoms with van der Waals surface area (Å²) >= 11 is 0. The van der Waals surface area contributed by atoms with Gasteiger partial charge in [-0.15, -0.1) is 6.58 Å². The summed E-state index contributed by atoms with van der Waals surface area (Å²) in [6.07, 6.45) is 5.07. The number of amides is 1. The number of hydrogen-bond acceptors (Lipinski definition) is 5. The number of fused-ring (bicyclic) bond motifs is 5. The zero-order valence-electron chi connectivity index (χ0n) is 21.0. The number of aromatic nitrogens is 1. The average Bonchev–Trinajstić information content (AvgIpc) is 2.95. The van der Waals surface area contributed by atoms with Gasteiger partial charge in [0.1, 0.15) is 11.9 Å². The topological polar surface area (TPSA) is 63.7 Å². The van der Waals surface area contributed by atoms with Gasteiger partial charge >= 0.3 is 6.09 Å². The standard InChI is InChI=1S/C31H31N3O3/c1-3-20-19-34-16-14-22(20)17-29(34)30(25-13-15-32-27-12-11-23(36-2)18-26(25)27)37-31(35)33-28-10-6-8-21-7-4-5-9-24(21)28/h3-13,15,18,20,22,29-30H,1,14,16-17,19H2,2H3,(H,33,35)/t20-,22?,29-,30+/m0/s1. The number of methoxy groups -OCH3 is 1. The first-order valence-electron chi connectivity index (χ1n) is 12.9. The van der Waals surface area contributed by atoms with E-state index < -0.39 is 12.2 Å². The Balaban J connectivity index is 1.37. The molecule has 2 bridgehead atoms. The number of anilines is 1. The van der Waals surface area contributed by atoms with Crippen LogP contribution < -0.4 is 10.1 Å². The van der Waals surface area contributed by atoms with Crippen LogP contribution in [0.1, 0.15) is 24.5 Å². The molecule has 1 N–H and O–H groups in total. The lowest BCUT2D eigenvalue weighted by atomic mass is 9.73. The average molecular weight is 494 g/mol. The van der Waals surface area contributed by atoms with Gasteiger partial charge in [-0.2, -0.15) is 0 Å². The first-order chi connectivity index (χ1) is 18.1. The second kappa shape index (κ2) is 9.87. The Bertz CT molecular complexity index is 1460. The van der Waals surface area contributed by atoms with Gasteiger partial charge in [-0.05, 0) is 66.9 Å². The molecule has 6 heteroatoms. The van der Waals surface area contributed by atoms with Crippen LogP contribution in [0.2, 0.25) is 0 Å². The fraction of sp³-hybridized carbons (Fsp3) is 0.290. The minimum atomic E-state index is -0.461. The third-order valence-electron chi connectivity index (χ3n) is 8.05. The predicted octanol–water partition coefficient (Wildman–Crippen LogP) is 6.58. The molecule has 7 rings (SSSR count). The summed E-state index contributed by atoms with van der Waals surface area (Å²) in [5.41, 5.74) is 2.53. The summed E-state index contributed by atoms with van der Waals surface area (Å²) in [4.78, 5) is 20.5. The van der Waals surface area contributed by atoms with Crippen molar-refractivity contribution in [2.75, 3.05) is 25.5 Å². The van der Waals surface area contributed by atoms with Crippen molar-refractivity contribution in [3.8, 4) is 5.75 Å². The van der Waals surface area contributed by atoms with Gasteiger partial charge in [-0.25, -0.2) is 4.79 Å². The van der Waals surface area contributed by atoms with Gasteiger partial charge < -0.3 is 9.47 Å². The highest BCUT2D eigenvalue weighted by molar-refractivity contribution is 6.00. The molecule has 3 aromatic carbocycles. The zero-order valence-corrected chi connectivity index (χ0v) is 21.0. The lowest BCUT2D eigenvalue weighted by Gasteiger charge is -2.51. The number of nitrogens with one attached hydrogen (secondary N) is 1. The monoisotopic (exact) mass is 493 g/mol. The summed E-state index contributed by atoms with van der Waals surface area (Å²) in [5, 5.41) is 6.00. The van der Waals surface area contributed by atoms with Gasteiger partial charge in [0.2, 0.25) is 0 Å². The molecule has 188 valence electrons. The fourth-order valence-corrected chi connectivity index (χ4v) is 6.15. The molecule has 3 aliphatic heterocycles. The molecule has 0 spiro atoms. The van der Waals surface area contributed by atoms with E-state index in [1.165, 1.54) is 0 Å². The van der Waals surface area contributed by atoms with Crippen LogP contribution in [0.4, 0.5) is 10.5 Å². The van der Waals surface area contributed by atoms with Crippen LogP contribution in [0.25, 0.3) is 21.7 Å². The first kappa shape index (κ1) is 23.5. The normalized spacial score (nSPS) is 23.5. The van der Waals surface area contributed by atoms with Crippen LogP contribution in [-0.4, -0.2) is 42.2 Å². The van der Waals surface area contributed by atoms with Crippen molar-refractivity contribution >= 4 is 33.5 Å². The lowest BCUT2D eigenvalue weighted by molar-refractivity contribution is -0.0473. The Hall–Kier alpha value is -3.90. The van der Waals surface area contributed by atoms with E-state index in [4.69, 9.17) is 9.47 Å². The molecule has 4 aromatic rings. The molecule has 0 radical (unpaired) electrons. The maximum absolute atomic E-state index is 13.5. The molecule has 5 atom stereocenters. The highest BCUT2D eigenvalue weighted by Gasteiger charge is 2.44. The van der Waals surface area contributed by atoms with Crippen molar-refractivity contribution in [1.29, 1.82) is 0 Å². The Morgan fingerprint density at radius 2 is 2.00 bits per heavy atom. The highest BCUT2D eigenvalue weighted by Crippen LogP contribution is 2.44. The summed E-state index contributed by atoms with van der Waals surface area (Å²) in [5.74, 6) is 1.77. The van der Waals surface area contributed by atoms with E-state index in [1.54, 1.807) is 13.3 Å². The summed E-state index contributed by atoms with van der Waals surface area (Å²) in [6.45, 7) is 6.00. The van der Waals surface area contributed by atoms with E-state index in [0.29, 0.717) is 11.8 Å². The van der Waals surface area contributed by atoms with Gasteiger partial charge in [0.15, 0.2) is 0 Å². The predicted molar refractivity (Wildman–Crippen MR) is 147 cm³/mol. The summed E-state index contributed by atoms with van der Waals surface area (Å²) in [7, 11) is 1.66. The maximum Gasteiger partial charge on any atom is 0.412 e. The van der Waals surface area contributed by atoms with Crippen LogP contribution in [0.5, 0.6) is 5.75 Å². The second-order valence-electron chi connectivity index (χ2n) is 10.0. The molecule has 3 aliphatic rings. The number of nitrogens with zero attached hydrogens (tertiary/aromatic N) is 2. The Morgan fingerprint density at radius 1 is 1.14 bits per heavy atom. The molecule has 0 aliphatic carbocycles. The molecule has 37 heavy (non-hydrogen) atoms. The number of hydrogen-bond donors (Lipinski definition) is 1. The molecule has 0 saturated carbocycles. The SMILES string of the molecule is C=C[C@H]1CN2CCC1C[C@H]2[C@H](OC(=O)Nc1cccc2ccccc12)c1ccnc2ccc(OC)cc12. The highest BCUT2D eigenvalue weighted by atomic mass is 16.6. The van der Waals surface area contributed by atoms with E-state index >= 15 is 0 Å². The van der Waals surface area contributed by atoms with Gasteiger partial charge in [0, 0.05) is 29.1 Å². The van der Waals surface area contributed by atoms with E-state index in [-0.39, 0.29) is 6.04 Å². The Labute approximate surface area is 216 Å². The minimum Gasteiger partial charge on any atom is -0.497 e. The maximum atomic E-state index is 13.5. The van der Waals surface area contributed by atoms with Crippen molar-refractivity contribution < 1.29 is 14.3 Å². The van der Waals surface area contributed by atoms with E-state index in [0.717, 1.165) is 64.6 Å². The molecule has 6 nitrogen and oxygen atoms in total. The molecule has 4 heterocycles. The minimum absolute atomic E-state index is 0.0741. The number of carbonyl (C=O) groups is 1. The van der Waals surface area contributed by atoms with E-state index in [2.05, 4.69) is 27.9 Å². The molecule has 2 unspecified atom stereocenters. The Kier molecular flexibility index (Phi) is 6.26. The number of pyridine rings is 1. The third kappa shape index (κ3) is 4.42. The lowest BCUT2D eigenvalue weighted by Crippen LogP contribution is -2.55. The van der Waals surface area contributed by atoms with Crippen LogP contribution in [0.15, 0.2) is 85.6 Å². The quantitative estimate of drug-likeness (QED) is 0.307. The van der Waals surface area contributed by atoms with Crippen molar-refractivity contribution in [1.82, 2.24) is 9.88 Å². The molecule has 1 amide bonds. The molecular formula is C31H31N3O3. The van der Waals surface area contributed by atoms with E-state index in [9.17, 15) is 4.79 Å². The van der Waals surface area contributed by atoms with Gasteiger partial charge in [0.25, 0.3) is 0 Å². The van der Waals surface area contributed by atoms with Gasteiger partial charge in [0.05, 0.1) is 24.4 Å². The zero-order chi connectivity index (χ0) is 25.4. The number of rotatable bonds is 6. The van der Waals surface area contributed by atoms with E-state index in [1.807, 2.05) is 66.7 Å². The van der Waals surface area contributed by atoms with Gasteiger partial charge in [-0.1, -0.05) is 42.5 Å². The van der Waals surface area contributed by atoms with Crippen LogP contribution >= 0.6 is 0 Å². The van der Waals surface area contributed by atoms with Crippen LogP contribution in [0, 0.1) is 11.8 Å². The first-order valence-corrected chi connectivity index (χ1v) is 12.9. The van der Waals surface area contributed by atoms with Crippen molar-refractivity contribution in [2.24, 2.45) is 11.8 Å². The number of piperidine rings is 3.